The largest absolute Gasteiger partial charge is 0.393 e. The summed E-state index contributed by atoms with van der Waals surface area (Å²) in [6, 6.07) is 0. The Morgan fingerprint density at radius 2 is 1.56 bits per heavy atom. The van der Waals surface area contributed by atoms with Gasteiger partial charge in [-0.1, -0.05) is 37.9 Å². The predicted molar refractivity (Wildman–Crippen MR) is 72.6 cm³/mol. The third-order valence-electron chi connectivity index (χ3n) is 4.31. The van der Waals surface area contributed by atoms with Crippen molar-refractivity contribution < 1.29 is 0 Å². The highest BCUT2D eigenvalue weighted by Gasteiger charge is 2.38. The first-order valence-corrected chi connectivity index (χ1v) is 7.16. The van der Waals surface area contributed by atoms with Gasteiger partial charge in [0.15, 0.2) is 0 Å². The minimum absolute atomic E-state index is 0.180. The van der Waals surface area contributed by atoms with Crippen LogP contribution in [-0.2, 0) is 0 Å². The Morgan fingerprint density at radius 3 is 2.06 bits per heavy atom. The molecule has 0 unspecified atom stereocenters. The maximum absolute atomic E-state index is 5.99. The molecular weight excluding hydrogens is 216 g/mol. The summed E-state index contributed by atoms with van der Waals surface area (Å²) >= 11 is 5.32. The zero-order valence-electron chi connectivity index (χ0n) is 10.2. The Balaban J connectivity index is 1.96. The van der Waals surface area contributed by atoms with E-state index >= 15 is 0 Å². The van der Waals surface area contributed by atoms with Crippen LogP contribution in [0.5, 0.6) is 0 Å². The van der Waals surface area contributed by atoms with Crippen LogP contribution in [0.4, 0.5) is 0 Å². The topological polar surface area (TPSA) is 29.3 Å². The van der Waals surface area contributed by atoms with Crippen molar-refractivity contribution in [1.82, 2.24) is 4.90 Å². The summed E-state index contributed by atoms with van der Waals surface area (Å²) in [4.78, 5) is 3.38. The molecular formula is C13H24N2S. The molecule has 1 aliphatic heterocycles. The third kappa shape index (κ3) is 2.75. The van der Waals surface area contributed by atoms with Gasteiger partial charge >= 0.3 is 0 Å². The predicted octanol–water partition coefficient (Wildman–Crippen LogP) is 2.71. The standard InChI is InChI=1S/C13H24N2S/c14-12(16)13(7-3-4-8-13)11-15-9-5-1-2-6-10-15/h1-11H2,(H2,14,16). The number of thiocarbonyl (C=S) groups is 1. The van der Waals surface area contributed by atoms with E-state index in [2.05, 4.69) is 4.90 Å². The quantitative estimate of drug-likeness (QED) is 0.769. The van der Waals surface area contributed by atoms with E-state index in [1.54, 1.807) is 0 Å². The average Bonchev–Trinajstić information content (AvgIpc) is 2.58. The number of nitrogens with two attached hydrogens (primary N) is 1. The second-order valence-corrected chi connectivity index (χ2v) is 5.98. The van der Waals surface area contributed by atoms with Gasteiger partial charge in [-0.15, -0.1) is 0 Å². The van der Waals surface area contributed by atoms with Crippen molar-refractivity contribution in [3.63, 3.8) is 0 Å². The molecule has 1 saturated heterocycles. The highest BCUT2D eigenvalue weighted by atomic mass is 32.1. The molecule has 0 aromatic carbocycles. The molecule has 1 heterocycles. The van der Waals surface area contributed by atoms with Crippen LogP contribution in [0.15, 0.2) is 0 Å². The van der Waals surface area contributed by atoms with Crippen LogP contribution in [0.25, 0.3) is 0 Å². The van der Waals surface area contributed by atoms with Crippen LogP contribution in [0.3, 0.4) is 0 Å². The van der Waals surface area contributed by atoms with Crippen LogP contribution in [0, 0.1) is 5.41 Å². The molecule has 92 valence electrons. The molecule has 2 aliphatic rings. The maximum atomic E-state index is 5.99. The van der Waals surface area contributed by atoms with Gasteiger partial charge in [0.05, 0.1) is 4.99 Å². The fourth-order valence-electron chi connectivity index (χ4n) is 3.26. The van der Waals surface area contributed by atoms with E-state index in [9.17, 15) is 0 Å². The lowest BCUT2D eigenvalue weighted by atomic mass is 9.85. The van der Waals surface area contributed by atoms with Crippen molar-refractivity contribution in [3.05, 3.63) is 0 Å². The summed E-state index contributed by atoms with van der Waals surface area (Å²) in [5, 5.41) is 0. The Morgan fingerprint density at radius 1 is 1.00 bits per heavy atom. The Labute approximate surface area is 105 Å². The maximum Gasteiger partial charge on any atom is 0.0802 e. The van der Waals surface area contributed by atoms with Crippen LogP contribution >= 0.6 is 12.2 Å². The molecule has 0 aromatic heterocycles. The Kier molecular flexibility index (Phi) is 4.20. The number of rotatable bonds is 3. The van der Waals surface area contributed by atoms with E-state index in [4.69, 9.17) is 18.0 Å². The molecule has 0 spiro atoms. The summed E-state index contributed by atoms with van der Waals surface area (Å²) in [6.07, 6.45) is 10.6. The van der Waals surface area contributed by atoms with Crippen LogP contribution in [-0.4, -0.2) is 29.5 Å². The van der Waals surface area contributed by atoms with Gasteiger partial charge in [-0.05, 0) is 38.8 Å². The first-order chi connectivity index (χ1) is 7.73. The van der Waals surface area contributed by atoms with E-state index in [1.807, 2.05) is 0 Å². The minimum atomic E-state index is 0.180. The van der Waals surface area contributed by atoms with Crippen molar-refractivity contribution in [2.75, 3.05) is 19.6 Å². The van der Waals surface area contributed by atoms with Gasteiger partial charge in [0, 0.05) is 12.0 Å². The van der Waals surface area contributed by atoms with Gasteiger partial charge < -0.3 is 10.6 Å². The normalized spacial score (nSPS) is 26.5. The van der Waals surface area contributed by atoms with Crippen molar-refractivity contribution in [2.24, 2.45) is 11.1 Å². The molecule has 2 nitrogen and oxygen atoms in total. The molecule has 0 amide bonds. The van der Waals surface area contributed by atoms with E-state index in [0.717, 1.165) is 11.5 Å². The van der Waals surface area contributed by atoms with Gasteiger partial charge in [-0.3, -0.25) is 0 Å². The van der Waals surface area contributed by atoms with Gasteiger partial charge in [0.25, 0.3) is 0 Å². The molecule has 3 heteroatoms. The van der Waals surface area contributed by atoms with Crippen LogP contribution in [0.2, 0.25) is 0 Å². The first-order valence-electron chi connectivity index (χ1n) is 6.75. The van der Waals surface area contributed by atoms with Gasteiger partial charge in [-0.25, -0.2) is 0 Å². The number of nitrogens with zero attached hydrogens (tertiary/aromatic N) is 1. The van der Waals surface area contributed by atoms with Crippen molar-refractivity contribution >= 4 is 17.2 Å². The highest BCUT2D eigenvalue weighted by molar-refractivity contribution is 7.80. The van der Waals surface area contributed by atoms with Crippen LogP contribution < -0.4 is 5.73 Å². The summed E-state index contributed by atoms with van der Waals surface area (Å²) in [7, 11) is 0. The number of hydrogen-bond donors (Lipinski definition) is 1. The van der Waals surface area contributed by atoms with E-state index in [0.29, 0.717) is 0 Å². The zero-order chi connectivity index (χ0) is 11.4. The third-order valence-corrected chi connectivity index (χ3v) is 4.74. The van der Waals surface area contributed by atoms with E-state index in [-0.39, 0.29) is 5.41 Å². The molecule has 1 aliphatic carbocycles. The first kappa shape index (κ1) is 12.3. The summed E-state index contributed by atoms with van der Waals surface area (Å²) in [5.41, 5.74) is 6.17. The smallest absolute Gasteiger partial charge is 0.0802 e. The lowest BCUT2D eigenvalue weighted by molar-refractivity contribution is 0.209. The lowest BCUT2D eigenvalue weighted by Gasteiger charge is -2.34. The monoisotopic (exact) mass is 240 g/mol. The number of likely N-dealkylation sites (tertiary alicyclic amines) is 1. The molecule has 2 fully saturated rings. The fraction of sp³-hybridized carbons (Fsp3) is 0.923. The average molecular weight is 240 g/mol. The van der Waals surface area contributed by atoms with Crippen molar-refractivity contribution in [2.45, 2.75) is 51.4 Å². The lowest BCUT2D eigenvalue weighted by Crippen LogP contribution is -2.44. The molecule has 2 rings (SSSR count). The highest BCUT2D eigenvalue weighted by Crippen LogP contribution is 2.39. The molecule has 2 N–H and O–H groups in total. The summed E-state index contributed by atoms with van der Waals surface area (Å²) < 4.78 is 0. The second-order valence-electron chi connectivity index (χ2n) is 5.54. The minimum Gasteiger partial charge on any atom is -0.393 e. The van der Waals surface area contributed by atoms with Crippen molar-refractivity contribution in [3.8, 4) is 0 Å². The van der Waals surface area contributed by atoms with E-state index < -0.39 is 0 Å². The van der Waals surface area contributed by atoms with Gasteiger partial charge in [0.2, 0.25) is 0 Å². The fourth-order valence-corrected chi connectivity index (χ4v) is 3.53. The summed E-state index contributed by atoms with van der Waals surface area (Å²) in [6.45, 7) is 3.64. The molecule has 0 aromatic rings. The van der Waals surface area contributed by atoms with Gasteiger partial charge in [0.1, 0.15) is 0 Å². The second kappa shape index (κ2) is 5.46. The molecule has 16 heavy (non-hydrogen) atoms. The SMILES string of the molecule is NC(=S)C1(CN2CCCCCC2)CCCC1. The Hall–Kier alpha value is -0.150. The van der Waals surface area contributed by atoms with Crippen LogP contribution in [0.1, 0.15) is 51.4 Å². The molecule has 0 bridgehead atoms. The molecule has 0 atom stereocenters. The molecule has 1 saturated carbocycles. The van der Waals surface area contributed by atoms with E-state index in [1.165, 1.54) is 64.5 Å². The number of hydrogen-bond acceptors (Lipinski definition) is 2. The molecule has 0 radical (unpaired) electrons. The van der Waals surface area contributed by atoms with Crippen molar-refractivity contribution in [1.29, 1.82) is 0 Å². The zero-order valence-corrected chi connectivity index (χ0v) is 11.0. The summed E-state index contributed by atoms with van der Waals surface area (Å²) in [5.74, 6) is 0. The Bertz CT molecular complexity index is 238. The van der Waals surface area contributed by atoms with Gasteiger partial charge in [-0.2, -0.15) is 0 Å².